The van der Waals surface area contributed by atoms with E-state index in [1.165, 1.54) is 0 Å². The van der Waals surface area contributed by atoms with Crippen LogP contribution in [0.3, 0.4) is 0 Å². The average Bonchev–Trinajstić information content (AvgIpc) is 2.20. The lowest BCUT2D eigenvalue weighted by Crippen LogP contribution is -2.65. The van der Waals surface area contributed by atoms with E-state index in [0.717, 1.165) is 13.1 Å². The predicted molar refractivity (Wildman–Crippen MR) is 66.4 cm³/mol. The summed E-state index contributed by atoms with van der Waals surface area (Å²) in [7, 11) is 3.98. The normalized spacial score (nSPS) is 23.9. The van der Waals surface area contributed by atoms with Crippen LogP contribution in [-0.2, 0) is 4.79 Å². The Morgan fingerprint density at radius 1 is 1.59 bits per heavy atom. The summed E-state index contributed by atoms with van der Waals surface area (Å²) >= 11 is 0. The van der Waals surface area contributed by atoms with Crippen LogP contribution in [0.2, 0.25) is 0 Å². The van der Waals surface area contributed by atoms with Crippen LogP contribution in [0.25, 0.3) is 0 Å². The fourth-order valence-electron chi connectivity index (χ4n) is 2.09. The minimum absolute atomic E-state index is 0.0488. The second-order valence-electron chi connectivity index (χ2n) is 5.51. The van der Waals surface area contributed by atoms with Gasteiger partial charge in [0.05, 0.1) is 12.5 Å². The molecule has 0 bridgehead atoms. The smallest absolute Gasteiger partial charge is 0.240 e. The summed E-state index contributed by atoms with van der Waals surface area (Å²) in [6, 6.07) is 1.71. The maximum absolute atomic E-state index is 12.1. The number of hydrogen-bond acceptors (Lipinski definition) is 4. The molecule has 1 fully saturated rings. The maximum Gasteiger partial charge on any atom is 0.240 e. The molecule has 1 rings (SSSR count). The largest absolute Gasteiger partial charge is 0.338 e. The van der Waals surface area contributed by atoms with E-state index in [1.807, 2.05) is 19.0 Å². The number of nitriles is 1. The van der Waals surface area contributed by atoms with Crippen molar-refractivity contribution in [2.75, 3.05) is 33.7 Å². The highest BCUT2D eigenvalue weighted by molar-refractivity contribution is 5.83. The van der Waals surface area contributed by atoms with Crippen LogP contribution in [0.5, 0.6) is 0 Å². The number of rotatable bonds is 4. The molecule has 1 saturated heterocycles. The first-order valence-corrected chi connectivity index (χ1v) is 5.94. The third-order valence-electron chi connectivity index (χ3n) is 2.87. The minimum atomic E-state index is -0.356. The van der Waals surface area contributed by atoms with E-state index < -0.39 is 0 Å². The van der Waals surface area contributed by atoms with Gasteiger partial charge in [-0.1, -0.05) is 0 Å². The summed E-state index contributed by atoms with van der Waals surface area (Å²) in [5, 5.41) is 12.0. The summed E-state index contributed by atoms with van der Waals surface area (Å²) in [5.41, 5.74) is -0.123. The van der Waals surface area contributed by atoms with Crippen LogP contribution >= 0.6 is 0 Å². The predicted octanol–water partition coefficient (Wildman–Crippen LogP) is 0.0407. The molecule has 1 aliphatic heterocycles. The molecule has 1 aliphatic rings. The quantitative estimate of drug-likeness (QED) is 0.751. The molecule has 1 unspecified atom stereocenters. The van der Waals surface area contributed by atoms with Crippen molar-refractivity contribution in [3.63, 3.8) is 0 Å². The van der Waals surface area contributed by atoms with Crippen molar-refractivity contribution in [3.05, 3.63) is 0 Å². The number of likely N-dealkylation sites (N-methyl/N-ethyl adjacent to an activating group) is 1. The maximum atomic E-state index is 12.1. The second kappa shape index (κ2) is 5.48. The van der Waals surface area contributed by atoms with Crippen molar-refractivity contribution >= 4 is 5.91 Å². The fourth-order valence-corrected chi connectivity index (χ4v) is 2.09. The van der Waals surface area contributed by atoms with Gasteiger partial charge in [-0.2, -0.15) is 5.26 Å². The zero-order chi connectivity index (χ0) is 13.1. The highest BCUT2D eigenvalue weighted by Gasteiger charge is 2.37. The average molecular weight is 238 g/mol. The van der Waals surface area contributed by atoms with Crippen LogP contribution in [0, 0.1) is 11.3 Å². The number of carbonyl (C=O) groups excluding carboxylic acids is 1. The third-order valence-corrected chi connectivity index (χ3v) is 2.87. The zero-order valence-corrected chi connectivity index (χ0v) is 11.2. The summed E-state index contributed by atoms with van der Waals surface area (Å²) in [6.07, 6.45) is 0.237. The van der Waals surface area contributed by atoms with Gasteiger partial charge in [0.25, 0.3) is 0 Å². The van der Waals surface area contributed by atoms with Gasteiger partial charge < -0.3 is 9.80 Å². The number of nitrogens with zero attached hydrogens (tertiary/aromatic N) is 3. The first kappa shape index (κ1) is 13.9. The molecule has 96 valence electrons. The van der Waals surface area contributed by atoms with Gasteiger partial charge in [-0.15, -0.1) is 0 Å². The molecule has 0 saturated carbocycles. The molecular formula is C12H22N4O. The Kier molecular flexibility index (Phi) is 4.49. The highest BCUT2D eigenvalue weighted by Crippen LogP contribution is 2.16. The van der Waals surface area contributed by atoms with Crippen molar-refractivity contribution in [2.45, 2.75) is 31.8 Å². The van der Waals surface area contributed by atoms with Gasteiger partial charge in [-0.05, 0) is 27.9 Å². The van der Waals surface area contributed by atoms with Gasteiger partial charge in [0.2, 0.25) is 5.91 Å². The van der Waals surface area contributed by atoms with E-state index in [-0.39, 0.29) is 23.9 Å². The molecule has 5 nitrogen and oxygen atoms in total. The van der Waals surface area contributed by atoms with Gasteiger partial charge >= 0.3 is 0 Å². The molecular weight excluding hydrogens is 216 g/mol. The summed E-state index contributed by atoms with van der Waals surface area (Å²) in [6.45, 7) is 6.39. The van der Waals surface area contributed by atoms with E-state index in [1.54, 1.807) is 0 Å². The first-order chi connectivity index (χ1) is 7.85. The van der Waals surface area contributed by atoms with E-state index in [0.29, 0.717) is 6.54 Å². The van der Waals surface area contributed by atoms with Crippen molar-refractivity contribution < 1.29 is 4.79 Å². The molecule has 1 amide bonds. The summed E-state index contributed by atoms with van der Waals surface area (Å²) in [5.74, 6) is 0.0488. The Morgan fingerprint density at radius 3 is 2.76 bits per heavy atom. The Balaban J connectivity index is 2.68. The number of amides is 1. The molecule has 17 heavy (non-hydrogen) atoms. The number of nitrogens with one attached hydrogen (secondary N) is 1. The number of carbonyl (C=O) groups is 1. The molecule has 0 aromatic carbocycles. The van der Waals surface area contributed by atoms with Crippen LogP contribution in [0.4, 0.5) is 0 Å². The van der Waals surface area contributed by atoms with Gasteiger partial charge in [0.15, 0.2) is 0 Å². The summed E-state index contributed by atoms with van der Waals surface area (Å²) < 4.78 is 0. The Morgan fingerprint density at radius 2 is 2.24 bits per heavy atom. The molecule has 5 heteroatoms. The lowest BCUT2D eigenvalue weighted by atomic mass is 9.97. The van der Waals surface area contributed by atoms with Crippen LogP contribution in [0.1, 0.15) is 20.3 Å². The first-order valence-electron chi connectivity index (χ1n) is 5.94. The molecule has 1 N–H and O–H groups in total. The third kappa shape index (κ3) is 3.99. The highest BCUT2D eigenvalue weighted by atomic mass is 16.2. The fraction of sp³-hybridized carbons (Fsp3) is 0.833. The molecule has 0 aliphatic carbocycles. The molecule has 0 radical (unpaired) electrons. The van der Waals surface area contributed by atoms with Crippen molar-refractivity contribution in [2.24, 2.45) is 0 Å². The molecule has 0 aromatic rings. The lowest BCUT2D eigenvalue weighted by molar-refractivity contribution is -0.138. The van der Waals surface area contributed by atoms with Crippen molar-refractivity contribution in [3.8, 4) is 6.07 Å². The topological polar surface area (TPSA) is 59.4 Å². The Bertz CT molecular complexity index is 319. The number of hydrogen-bond donors (Lipinski definition) is 1. The van der Waals surface area contributed by atoms with Crippen LogP contribution in [0.15, 0.2) is 0 Å². The van der Waals surface area contributed by atoms with E-state index in [4.69, 9.17) is 5.26 Å². The molecule has 1 heterocycles. The van der Waals surface area contributed by atoms with Crippen LogP contribution < -0.4 is 5.32 Å². The van der Waals surface area contributed by atoms with E-state index in [9.17, 15) is 4.79 Å². The van der Waals surface area contributed by atoms with Gasteiger partial charge in [0, 0.05) is 25.2 Å². The van der Waals surface area contributed by atoms with Gasteiger partial charge in [-0.3, -0.25) is 10.1 Å². The van der Waals surface area contributed by atoms with Gasteiger partial charge in [-0.25, -0.2) is 0 Å². The Labute approximate surface area is 103 Å². The standard InChI is InChI=1S/C12H22N4O/c1-12(2)9-16(8-7-15(3)4)11(17)10(14-12)5-6-13/h10,14H,5,7-9H2,1-4H3. The SMILES string of the molecule is CN(C)CCN1CC(C)(C)NC(CC#N)C1=O. The lowest BCUT2D eigenvalue weighted by Gasteiger charge is -2.43. The second-order valence-corrected chi connectivity index (χ2v) is 5.51. The van der Waals surface area contributed by atoms with Crippen molar-refractivity contribution in [1.29, 1.82) is 5.26 Å². The van der Waals surface area contributed by atoms with E-state index in [2.05, 4.69) is 30.1 Å². The molecule has 0 spiro atoms. The van der Waals surface area contributed by atoms with Crippen LogP contribution in [-0.4, -0.2) is 61.0 Å². The minimum Gasteiger partial charge on any atom is -0.338 e. The number of piperazine rings is 1. The van der Waals surface area contributed by atoms with Gasteiger partial charge in [0.1, 0.15) is 6.04 Å². The van der Waals surface area contributed by atoms with Crippen molar-refractivity contribution in [1.82, 2.24) is 15.1 Å². The Hall–Kier alpha value is -1.12. The van der Waals surface area contributed by atoms with E-state index >= 15 is 0 Å². The molecule has 1 atom stereocenters. The molecule has 0 aromatic heterocycles. The monoisotopic (exact) mass is 238 g/mol. The zero-order valence-electron chi connectivity index (χ0n) is 11.2. The summed E-state index contributed by atoms with van der Waals surface area (Å²) in [4.78, 5) is 16.0.